The van der Waals surface area contributed by atoms with E-state index >= 15 is 0 Å². The first kappa shape index (κ1) is 14.1. The van der Waals surface area contributed by atoms with E-state index in [9.17, 15) is 0 Å². The van der Waals surface area contributed by atoms with E-state index in [4.69, 9.17) is 21.4 Å². The summed E-state index contributed by atoms with van der Waals surface area (Å²) in [6.45, 7) is 0.344. The Morgan fingerprint density at radius 3 is 2.95 bits per heavy atom. The standard InChI is InChI=1S/C15H15ClN4OS/c16-10-5-7-11(8-6-10)21-9-14-17-18-15-20(14)19-12-3-1-2-4-13(12)22-15/h5-8,13H,1-4,9H2/t13-/m1/s1. The van der Waals surface area contributed by atoms with Crippen LogP contribution in [0.2, 0.25) is 5.02 Å². The molecule has 0 radical (unpaired) electrons. The predicted octanol–water partition coefficient (Wildman–Crippen LogP) is 3.76. The molecule has 1 aromatic heterocycles. The summed E-state index contributed by atoms with van der Waals surface area (Å²) in [6, 6.07) is 7.29. The lowest BCUT2D eigenvalue weighted by atomic mass is 9.98. The summed E-state index contributed by atoms with van der Waals surface area (Å²) in [5.41, 5.74) is 1.26. The maximum absolute atomic E-state index is 5.87. The van der Waals surface area contributed by atoms with Crippen LogP contribution in [0.15, 0.2) is 34.5 Å². The van der Waals surface area contributed by atoms with Crippen LogP contribution in [0.1, 0.15) is 31.5 Å². The van der Waals surface area contributed by atoms with E-state index in [0.29, 0.717) is 16.9 Å². The van der Waals surface area contributed by atoms with Gasteiger partial charge in [0.05, 0.1) is 11.0 Å². The maximum atomic E-state index is 5.87. The van der Waals surface area contributed by atoms with E-state index in [-0.39, 0.29) is 0 Å². The molecule has 4 rings (SSSR count). The number of hydrogen-bond acceptors (Lipinski definition) is 5. The first-order chi connectivity index (χ1) is 10.8. The van der Waals surface area contributed by atoms with Crippen LogP contribution in [0.3, 0.4) is 0 Å². The summed E-state index contributed by atoms with van der Waals surface area (Å²) in [5, 5.41) is 15.2. The van der Waals surface area contributed by atoms with Crippen molar-refractivity contribution < 1.29 is 4.74 Å². The molecule has 0 amide bonds. The minimum absolute atomic E-state index is 0.344. The molecular weight excluding hydrogens is 320 g/mol. The number of benzene rings is 1. The summed E-state index contributed by atoms with van der Waals surface area (Å²) < 4.78 is 7.58. The molecule has 1 atom stereocenters. The summed E-state index contributed by atoms with van der Waals surface area (Å²) >= 11 is 7.64. The minimum atomic E-state index is 0.344. The van der Waals surface area contributed by atoms with E-state index in [1.54, 1.807) is 23.9 Å². The first-order valence-corrected chi connectivity index (χ1v) is 8.62. The van der Waals surface area contributed by atoms with Gasteiger partial charge in [-0.3, -0.25) is 0 Å². The van der Waals surface area contributed by atoms with Crippen LogP contribution in [0.4, 0.5) is 0 Å². The first-order valence-electron chi connectivity index (χ1n) is 7.37. The third-order valence-corrected chi connectivity index (χ3v) is 5.36. The Labute approximate surface area is 137 Å². The topological polar surface area (TPSA) is 52.3 Å². The Kier molecular flexibility index (Phi) is 3.80. The van der Waals surface area contributed by atoms with Crippen LogP contribution in [0, 0.1) is 0 Å². The molecule has 1 saturated carbocycles. The third-order valence-electron chi connectivity index (χ3n) is 3.86. The zero-order chi connectivity index (χ0) is 14.9. The molecule has 1 aliphatic heterocycles. The van der Waals surface area contributed by atoms with E-state index in [1.807, 2.05) is 16.8 Å². The van der Waals surface area contributed by atoms with E-state index in [2.05, 4.69) is 10.2 Å². The van der Waals surface area contributed by atoms with Crippen molar-refractivity contribution in [1.29, 1.82) is 0 Å². The summed E-state index contributed by atoms with van der Waals surface area (Å²) in [6.07, 6.45) is 4.76. The molecule has 0 saturated heterocycles. The summed E-state index contributed by atoms with van der Waals surface area (Å²) in [7, 11) is 0. The highest BCUT2D eigenvalue weighted by atomic mass is 35.5. The van der Waals surface area contributed by atoms with Gasteiger partial charge >= 0.3 is 0 Å². The highest BCUT2D eigenvalue weighted by Gasteiger charge is 2.29. The molecule has 0 bridgehead atoms. The Morgan fingerprint density at radius 1 is 1.23 bits per heavy atom. The fourth-order valence-electron chi connectivity index (χ4n) is 2.70. The number of thioether (sulfide) groups is 1. The van der Waals surface area contributed by atoms with Gasteiger partial charge in [0.15, 0.2) is 5.82 Å². The van der Waals surface area contributed by atoms with Gasteiger partial charge in [-0.2, -0.15) is 9.78 Å². The van der Waals surface area contributed by atoms with Crippen LogP contribution in [-0.4, -0.2) is 25.8 Å². The van der Waals surface area contributed by atoms with Gasteiger partial charge in [0.25, 0.3) is 0 Å². The van der Waals surface area contributed by atoms with Gasteiger partial charge in [-0.15, -0.1) is 10.2 Å². The van der Waals surface area contributed by atoms with Crippen molar-refractivity contribution in [1.82, 2.24) is 14.9 Å². The molecule has 22 heavy (non-hydrogen) atoms. The van der Waals surface area contributed by atoms with E-state index < -0.39 is 0 Å². The van der Waals surface area contributed by atoms with Crippen LogP contribution < -0.4 is 4.74 Å². The monoisotopic (exact) mass is 334 g/mol. The number of hydrogen-bond donors (Lipinski definition) is 0. The molecule has 0 spiro atoms. The lowest BCUT2D eigenvalue weighted by Gasteiger charge is -2.26. The van der Waals surface area contributed by atoms with Crippen molar-refractivity contribution in [3.05, 3.63) is 35.1 Å². The molecule has 2 aliphatic rings. The largest absolute Gasteiger partial charge is 0.486 e. The Hall–Kier alpha value is -1.53. The van der Waals surface area contributed by atoms with Gasteiger partial charge in [-0.25, -0.2) is 0 Å². The molecule has 0 N–H and O–H groups in total. The second-order valence-electron chi connectivity index (χ2n) is 5.40. The highest BCUT2D eigenvalue weighted by Crippen LogP contribution is 2.35. The Morgan fingerprint density at radius 2 is 2.09 bits per heavy atom. The number of nitrogens with zero attached hydrogens (tertiary/aromatic N) is 4. The lowest BCUT2D eigenvalue weighted by molar-refractivity contribution is 0.289. The molecule has 2 heterocycles. The molecule has 114 valence electrons. The van der Waals surface area contributed by atoms with Gasteiger partial charge in [0.1, 0.15) is 12.4 Å². The van der Waals surface area contributed by atoms with Crippen LogP contribution in [-0.2, 0) is 6.61 Å². The molecule has 1 fully saturated rings. The zero-order valence-electron chi connectivity index (χ0n) is 11.9. The molecule has 0 unspecified atom stereocenters. The highest BCUT2D eigenvalue weighted by molar-refractivity contribution is 8.00. The van der Waals surface area contributed by atoms with Gasteiger partial charge < -0.3 is 4.74 Å². The van der Waals surface area contributed by atoms with E-state index in [0.717, 1.165) is 23.2 Å². The minimum Gasteiger partial charge on any atom is -0.486 e. The predicted molar refractivity (Wildman–Crippen MR) is 86.8 cm³/mol. The van der Waals surface area contributed by atoms with Crippen molar-refractivity contribution in [3.63, 3.8) is 0 Å². The van der Waals surface area contributed by atoms with Gasteiger partial charge in [0, 0.05) is 5.02 Å². The number of halogens is 1. The SMILES string of the molecule is Clc1ccc(OCc2nnc3n2N=C2CCCC[C@H]2S3)cc1. The number of rotatable bonds is 3. The molecular formula is C15H15ClN4OS. The fraction of sp³-hybridized carbons (Fsp3) is 0.400. The van der Waals surface area contributed by atoms with E-state index in [1.165, 1.54) is 25.0 Å². The average Bonchev–Trinajstić information content (AvgIpc) is 2.94. The van der Waals surface area contributed by atoms with Crippen molar-refractivity contribution in [2.75, 3.05) is 0 Å². The lowest BCUT2D eigenvalue weighted by Crippen LogP contribution is -2.27. The second-order valence-corrected chi connectivity index (χ2v) is 7.00. The number of ether oxygens (including phenoxy) is 1. The normalized spacial score (nSPS) is 20.0. The third kappa shape index (κ3) is 2.73. The van der Waals surface area contributed by atoms with Crippen molar-refractivity contribution in [3.8, 4) is 5.75 Å². The quantitative estimate of drug-likeness (QED) is 0.857. The van der Waals surface area contributed by atoms with Crippen molar-refractivity contribution in [2.45, 2.75) is 42.7 Å². The van der Waals surface area contributed by atoms with Gasteiger partial charge in [-0.05, 0) is 43.5 Å². The molecule has 2 aromatic rings. The number of aromatic nitrogens is 3. The molecule has 5 nitrogen and oxygen atoms in total. The fourth-order valence-corrected chi connectivity index (χ4v) is 4.00. The second kappa shape index (κ2) is 5.93. The van der Waals surface area contributed by atoms with Crippen LogP contribution in [0.25, 0.3) is 0 Å². The van der Waals surface area contributed by atoms with Crippen LogP contribution in [0.5, 0.6) is 5.75 Å². The molecule has 1 aliphatic carbocycles. The summed E-state index contributed by atoms with van der Waals surface area (Å²) in [5.74, 6) is 1.49. The molecule has 7 heteroatoms. The van der Waals surface area contributed by atoms with Crippen LogP contribution >= 0.6 is 23.4 Å². The average molecular weight is 335 g/mol. The smallest absolute Gasteiger partial charge is 0.212 e. The van der Waals surface area contributed by atoms with Gasteiger partial charge in [0.2, 0.25) is 5.16 Å². The Balaban J connectivity index is 1.52. The van der Waals surface area contributed by atoms with Crippen molar-refractivity contribution >= 4 is 29.1 Å². The molecule has 1 aromatic carbocycles. The van der Waals surface area contributed by atoms with Gasteiger partial charge in [-0.1, -0.05) is 29.8 Å². The maximum Gasteiger partial charge on any atom is 0.212 e. The van der Waals surface area contributed by atoms with Crippen molar-refractivity contribution in [2.24, 2.45) is 5.10 Å². The number of fused-ring (bicyclic) bond motifs is 2. The zero-order valence-corrected chi connectivity index (χ0v) is 13.5. The summed E-state index contributed by atoms with van der Waals surface area (Å²) in [4.78, 5) is 0. The Bertz CT molecular complexity index is 713.